The molecule has 0 saturated heterocycles. The Kier molecular flexibility index (Phi) is 5.00. The molecule has 1 aromatic carbocycles. The van der Waals surface area contributed by atoms with Crippen LogP contribution in [-0.2, 0) is 4.79 Å². The van der Waals surface area contributed by atoms with Gasteiger partial charge in [0.25, 0.3) is 5.56 Å². The van der Waals surface area contributed by atoms with E-state index in [2.05, 4.69) is 22.2 Å². The van der Waals surface area contributed by atoms with Gasteiger partial charge in [0.1, 0.15) is 0 Å². The summed E-state index contributed by atoms with van der Waals surface area (Å²) in [5.41, 5.74) is 0.486. The van der Waals surface area contributed by atoms with Gasteiger partial charge >= 0.3 is 0 Å². The van der Waals surface area contributed by atoms with E-state index in [1.165, 1.54) is 31.0 Å². The van der Waals surface area contributed by atoms with Crippen LogP contribution in [0.3, 0.4) is 0 Å². The molecule has 2 atom stereocenters. The Morgan fingerprint density at radius 2 is 2.13 bits per heavy atom. The molecule has 0 spiro atoms. The second kappa shape index (κ2) is 7.17. The number of para-hydroxylation sites is 1. The summed E-state index contributed by atoms with van der Waals surface area (Å²) in [4.78, 5) is 31.3. The van der Waals surface area contributed by atoms with Crippen LogP contribution in [0.15, 0.2) is 34.2 Å². The van der Waals surface area contributed by atoms with Crippen LogP contribution in [-0.4, -0.2) is 27.7 Å². The van der Waals surface area contributed by atoms with Gasteiger partial charge in [-0.2, -0.15) is 0 Å². The van der Waals surface area contributed by atoms with Crippen LogP contribution < -0.4 is 10.9 Å². The number of nitrogens with zero attached hydrogens (tertiary/aromatic N) is 1. The van der Waals surface area contributed by atoms with Gasteiger partial charge in [0, 0.05) is 6.04 Å². The van der Waals surface area contributed by atoms with Crippen molar-refractivity contribution in [1.29, 1.82) is 0 Å². The third kappa shape index (κ3) is 3.93. The van der Waals surface area contributed by atoms with Crippen LogP contribution in [0.1, 0.15) is 32.6 Å². The van der Waals surface area contributed by atoms with E-state index in [0.717, 1.165) is 6.42 Å². The number of carbonyl (C=O) groups excluding carboxylic acids is 1. The first-order valence-electron chi connectivity index (χ1n) is 8.05. The number of thioether (sulfide) groups is 1. The van der Waals surface area contributed by atoms with E-state index in [1.54, 1.807) is 12.1 Å². The van der Waals surface area contributed by atoms with Crippen LogP contribution in [0.4, 0.5) is 0 Å². The van der Waals surface area contributed by atoms with E-state index in [-0.39, 0.29) is 23.3 Å². The number of benzene rings is 1. The summed E-state index contributed by atoms with van der Waals surface area (Å²) in [6.45, 7) is 2.19. The Hall–Kier alpha value is -1.82. The maximum Gasteiger partial charge on any atom is 0.259 e. The highest BCUT2D eigenvalue weighted by atomic mass is 32.2. The average molecular weight is 331 g/mol. The lowest BCUT2D eigenvalue weighted by Crippen LogP contribution is -2.41. The van der Waals surface area contributed by atoms with E-state index in [4.69, 9.17) is 0 Å². The molecular weight excluding hydrogens is 310 g/mol. The molecule has 23 heavy (non-hydrogen) atoms. The van der Waals surface area contributed by atoms with Crippen LogP contribution in [0.5, 0.6) is 0 Å². The zero-order valence-corrected chi connectivity index (χ0v) is 14.0. The molecule has 3 rings (SSSR count). The predicted octanol–water partition coefficient (Wildman–Crippen LogP) is 2.71. The standard InChI is InChI=1S/C17H21N3O2S/c1-11-6-2-4-8-13(11)18-15(21)10-23-17-19-14-9-5-3-7-12(14)16(22)20-17/h3,5,7,9,11,13H,2,4,6,8,10H2,1H3,(H,18,21)(H,19,20,22). The maximum atomic E-state index is 12.1. The SMILES string of the molecule is CC1CCCCC1NC(=O)CSc1nc2ccccc2c(=O)[nH]1. The fourth-order valence-electron chi connectivity index (χ4n) is 3.05. The molecule has 1 aromatic heterocycles. The topological polar surface area (TPSA) is 74.8 Å². The molecule has 1 aliphatic rings. The Bertz CT molecular complexity index is 759. The number of rotatable bonds is 4. The number of hydrogen-bond donors (Lipinski definition) is 2. The number of aromatic nitrogens is 2. The first-order chi connectivity index (χ1) is 11.1. The fourth-order valence-corrected chi connectivity index (χ4v) is 3.73. The minimum absolute atomic E-state index is 0.00422. The Morgan fingerprint density at radius 1 is 1.35 bits per heavy atom. The van der Waals surface area contributed by atoms with Gasteiger partial charge in [-0.1, -0.05) is 43.7 Å². The molecule has 2 N–H and O–H groups in total. The highest BCUT2D eigenvalue weighted by molar-refractivity contribution is 7.99. The number of aromatic amines is 1. The molecule has 6 heteroatoms. The van der Waals surface area contributed by atoms with Crippen molar-refractivity contribution >= 4 is 28.6 Å². The van der Waals surface area contributed by atoms with Crippen molar-refractivity contribution in [3.05, 3.63) is 34.6 Å². The van der Waals surface area contributed by atoms with Crippen molar-refractivity contribution in [3.8, 4) is 0 Å². The van der Waals surface area contributed by atoms with Gasteiger partial charge in [0.15, 0.2) is 5.16 Å². The number of H-pyrrole nitrogens is 1. The Labute approximate surface area is 139 Å². The quantitative estimate of drug-likeness (QED) is 0.667. The van der Waals surface area contributed by atoms with Crippen molar-refractivity contribution in [3.63, 3.8) is 0 Å². The summed E-state index contributed by atoms with van der Waals surface area (Å²) in [5.74, 6) is 0.811. The van der Waals surface area contributed by atoms with Gasteiger partial charge in [-0.3, -0.25) is 9.59 Å². The van der Waals surface area contributed by atoms with Crippen LogP contribution >= 0.6 is 11.8 Å². The largest absolute Gasteiger partial charge is 0.352 e. The third-order valence-electron chi connectivity index (χ3n) is 4.39. The highest BCUT2D eigenvalue weighted by Crippen LogP contribution is 2.24. The summed E-state index contributed by atoms with van der Waals surface area (Å²) >= 11 is 1.27. The smallest absolute Gasteiger partial charge is 0.259 e. The Balaban J connectivity index is 1.61. The highest BCUT2D eigenvalue weighted by Gasteiger charge is 2.22. The summed E-state index contributed by atoms with van der Waals surface area (Å²) in [6, 6.07) is 7.48. The first-order valence-corrected chi connectivity index (χ1v) is 9.03. The minimum Gasteiger partial charge on any atom is -0.352 e. The Morgan fingerprint density at radius 3 is 2.96 bits per heavy atom. The molecule has 1 heterocycles. The van der Waals surface area contributed by atoms with Crippen molar-refractivity contribution in [1.82, 2.24) is 15.3 Å². The first kappa shape index (κ1) is 16.1. The van der Waals surface area contributed by atoms with Gasteiger partial charge in [0.05, 0.1) is 16.7 Å². The number of amides is 1. The zero-order valence-electron chi connectivity index (χ0n) is 13.2. The van der Waals surface area contributed by atoms with Crippen LogP contribution in [0.2, 0.25) is 0 Å². The van der Waals surface area contributed by atoms with Crippen molar-refractivity contribution in [2.24, 2.45) is 5.92 Å². The fraction of sp³-hybridized carbons (Fsp3) is 0.471. The summed E-state index contributed by atoms with van der Waals surface area (Å²) in [7, 11) is 0. The zero-order chi connectivity index (χ0) is 16.2. The monoisotopic (exact) mass is 331 g/mol. The van der Waals surface area contributed by atoms with E-state index < -0.39 is 0 Å². The molecule has 5 nitrogen and oxygen atoms in total. The number of hydrogen-bond acceptors (Lipinski definition) is 4. The third-order valence-corrected chi connectivity index (χ3v) is 5.26. The van der Waals surface area contributed by atoms with E-state index in [0.29, 0.717) is 22.0 Å². The van der Waals surface area contributed by atoms with Crippen LogP contribution in [0, 0.1) is 5.92 Å². The molecular formula is C17H21N3O2S. The molecule has 1 amide bonds. The van der Waals surface area contributed by atoms with E-state index in [9.17, 15) is 9.59 Å². The van der Waals surface area contributed by atoms with Gasteiger partial charge in [-0.15, -0.1) is 0 Å². The molecule has 0 bridgehead atoms. The number of carbonyl (C=O) groups is 1. The summed E-state index contributed by atoms with van der Waals surface area (Å²) < 4.78 is 0. The van der Waals surface area contributed by atoms with Gasteiger partial charge < -0.3 is 10.3 Å². The number of nitrogens with one attached hydrogen (secondary N) is 2. The molecule has 0 aliphatic heterocycles. The second-order valence-corrected chi connectivity index (χ2v) is 7.08. The molecule has 2 unspecified atom stereocenters. The minimum atomic E-state index is -0.167. The average Bonchev–Trinajstić information content (AvgIpc) is 2.55. The maximum absolute atomic E-state index is 12.1. The van der Waals surface area contributed by atoms with E-state index >= 15 is 0 Å². The van der Waals surface area contributed by atoms with Gasteiger partial charge in [-0.05, 0) is 30.9 Å². The van der Waals surface area contributed by atoms with Crippen molar-refractivity contribution in [2.75, 3.05) is 5.75 Å². The number of fused-ring (bicyclic) bond motifs is 1. The van der Waals surface area contributed by atoms with Crippen LogP contribution in [0.25, 0.3) is 10.9 Å². The van der Waals surface area contributed by atoms with Crippen molar-refractivity contribution in [2.45, 2.75) is 43.8 Å². The normalized spacial score (nSPS) is 21.3. The lowest BCUT2D eigenvalue weighted by atomic mass is 9.86. The summed E-state index contributed by atoms with van der Waals surface area (Å²) in [6.07, 6.45) is 4.67. The van der Waals surface area contributed by atoms with Gasteiger partial charge in [-0.25, -0.2) is 4.98 Å². The predicted molar refractivity (Wildman–Crippen MR) is 92.7 cm³/mol. The lowest BCUT2D eigenvalue weighted by Gasteiger charge is -2.29. The van der Waals surface area contributed by atoms with E-state index in [1.807, 2.05) is 12.1 Å². The molecule has 2 aromatic rings. The summed E-state index contributed by atoms with van der Waals surface area (Å²) in [5, 5.41) is 4.16. The molecule has 1 aliphatic carbocycles. The molecule has 0 radical (unpaired) electrons. The second-order valence-electron chi connectivity index (χ2n) is 6.11. The molecule has 122 valence electrons. The van der Waals surface area contributed by atoms with Gasteiger partial charge in [0.2, 0.25) is 5.91 Å². The van der Waals surface area contributed by atoms with Crippen molar-refractivity contribution < 1.29 is 4.79 Å². The molecule has 1 saturated carbocycles. The molecule has 1 fully saturated rings. The lowest BCUT2D eigenvalue weighted by molar-refractivity contribution is -0.119.